The number of benzene rings is 2. The number of carboxylic acids is 2. The maximum absolute atomic E-state index is 12.8. The third-order valence-corrected chi connectivity index (χ3v) is 6.49. The van der Waals surface area contributed by atoms with Gasteiger partial charge in [0, 0.05) is 13.6 Å². The Bertz CT molecular complexity index is 1380. The number of alkyl halides is 3. The molecule has 9 nitrogen and oxygen atoms in total. The van der Waals surface area contributed by atoms with Crippen molar-refractivity contribution in [2.24, 2.45) is 5.92 Å². The third kappa shape index (κ3) is 9.60. The van der Waals surface area contributed by atoms with Crippen molar-refractivity contribution in [3.63, 3.8) is 0 Å². The molecule has 3 aromatic rings. The van der Waals surface area contributed by atoms with Gasteiger partial charge in [-0.25, -0.2) is 23.0 Å². The number of aliphatic carboxylic acids is 1. The van der Waals surface area contributed by atoms with E-state index in [-0.39, 0.29) is 22.0 Å². The molecule has 0 radical (unpaired) electrons. The lowest BCUT2D eigenvalue weighted by atomic mass is 10.0. The number of nitrogens with one attached hydrogen (secondary N) is 1. The Morgan fingerprint density at radius 2 is 1.56 bits per heavy atom. The second-order valence-electron chi connectivity index (χ2n) is 8.89. The summed E-state index contributed by atoms with van der Waals surface area (Å²) in [7, 11) is -2.14. The van der Waals surface area contributed by atoms with Crippen LogP contribution in [-0.2, 0) is 27.8 Å². The Balaban J connectivity index is 0.000000673. The van der Waals surface area contributed by atoms with Gasteiger partial charge >= 0.3 is 18.1 Å². The van der Waals surface area contributed by atoms with Crippen LogP contribution in [0.25, 0.3) is 0 Å². The number of rotatable bonds is 9. The normalized spacial score (nSPS) is 11.4. The maximum Gasteiger partial charge on any atom is 0.490 e. The number of aromatic nitrogens is 1. The van der Waals surface area contributed by atoms with Crippen molar-refractivity contribution in [1.82, 2.24) is 4.98 Å². The van der Waals surface area contributed by atoms with Gasteiger partial charge in [0.2, 0.25) is 0 Å². The molecule has 210 valence electrons. The van der Waals surface area contributed by atoms with Gasteiger partial charge in [-0.2, -0.15) is 13.2 Å². The van der Waals surface area contributed by atoms with Crippen LogP contribution in [-0.4, -0.2) is 48.8 Å². The molecular formula is C26H28F3N3O6S. The van der Waals surface area contributed by atoms with E-state index in [4.69, 9.17) is 9.90 Å². The SMILES string of the molecule is CC(C)Cc1ccc(S(=O)(=O)Nc2cnc(N(C)Cc3ccccc3)c(C(=O)O)c2)cc1.O=C(O)C(F)(F)F. The van der Waals surface area contributed by atoms with E-state index in [9.17, 15) is 31.5 Å². The molecule has 0 bridgehead atoms. The van der Waals surface area contributed by atoms with E-state index >= 15 is 0 Å². The Labute approximate surface area is 224 Å². The molecule has 0 aliphatic rings. The largest absolute Gasteiger partial charge is 0.490 e. The lowest BCUT2D eigenvalue weighted by Crippen LogP contribution is -2.21. The fraction of sp³-hybridized carbons (Fsp3) is 0.269. The minimum Gasteiger partial charge on any atom is -0.478 e. The summed E-state index contributed by atoms with van der Waals surface area (Å²) in [6.07, 6.45) is -2.90. The molecule has 0 fully saturated rings. The molecule has 2 aromatic carbocycles. The summed E-state index contributed by atoms with van der Waals surface area (Å²) < 4.78 is 59.7. The zero-order valence-corrected chi connectivity index (χ0v) is 22.1. The summed E-state index contributed by atoms with van der Waals surface area (Å²) in [6.45, 7) is 4.66. The van der Waals surface area contributed by atoms with Crippen molar-refractivity contribution in [3.05, 3.63) is 83.6 Å². The predicted octanol–water partition coefficient (Wildman–Crippen LogP) is 5.05. The molecule has 1 aromatic heterocycles. The van der Waals surface area contributed by atoms with E-state index in [1.807, 2.05) is 30.3 Å². The van der Waals surface area contributed by atoms with Gasteiger partial charge < -0.3 is 15.1 Å². The van der Waals surface area contributed by atoms with E-state index < -0.39 is 28.1 Å². The van der Waals surface area contributed by atoms with Crippen LogP contribution in [0.5, 0.6) is 0 Å². The quantitative estimate of drug-likeness (QED) is 0.327. The smallest absolute Gasteiger partial charge is 0.478 e. The summed E-state index contributed by atoms with van der Waals surface area (Å²) in [6, 6.07) is 17.6. The van der Waals surface area contributed by atoms with Gasteiger partial charge in [0.15, 0.2) is 0 Å². The predicted molar refractivity (Wildman–Crippen MR) is 139 cm³/mol. The number of hydrogen-bond acceptors (Lipinski definition) is 6. The molecule has 0 aliphatic heterocycles. The van der Waals surface area contributed by atoms with Crippen molar-refractivity contribution >= 4 is 33.5 Å². The van der Waals surface area contributed by atoms with Crippen LogP contribution in [0.4, 0.5) is 24.7 Å². The summed E-state index contributed by atoms with van der Waals surface area (Å²) in [5.41, 5.74) is 2.06. The Morgan fingerprint density at radius 1 is 1.00 bits per heavy atom. The summed E-state index contributed by atoms with van der Waals surface area (Å²) in [5, 5.41) is 16.8. The molecule has 1 heterocycles. The van der Waals surface area contributed by atoms with Gasteiger partial charge in [-0.1, -0.05) is 56.3 Å². The average molecular weight is 568 g/mol. The molecule has 0 atom stereocenters. The van der Waals surface area contributed by atoms with E-state index in [1.54, 1.807) is 36.2 Å². The molecule has 0 saturated carbocycles. The van der Waals surface area contributed by atoms with Gasteiger partial charge in [0.25, 0.3) is 10.0 Å². The van der Waals surface area contributed by atoms with Crippen LogP contribution >= 0.6 is 0 Å². The highest BCUT2D eigenvalue weighted by atomic mass is 32.2. The van der Waals surface area contributed by atoms with Crippen LogP contribution in [0.2, 0.25) is 0 Å². The number of anilines is 2. The van der Waals surface area contributed by atoms with Crippen LogP contribution in [0.1, 0.15) is 35.3 Å². The topological polar surface area (TPSA) is 137 Å². The fourth-order valence-electron chi connectivity index (χ4n) is 3.40. The number of carbonyl (C=O) groups is 2. The molecule has 3 N–H and O–H groups in total. The van der Waals surface area contributed by atoms with Crippen molar-refractivity contribution < 1.29 is 41.4 Å². The van der Waals surface area contributed by atoms with Crippen LogP contribution < -0.4 is 9.62 Å². The fourth-order valence-corrected chi connectivity index (χ4v) is 4.43. The number of halogens is 3. The summed E-state index contributed by atoms with van der Waals surface area (Å²) in [4.78, 5) is 26.8. The van der Waals surface area contributed by atoms with Gasteiger partial charge in [-0.05, 0) is 41.7 Å². The average Bonchev–Trinajstić information content (AvgIpc) is 2.84. The van der Waals surface area contributed by atoms with Crippen LogP contribution in [0, 0.1) is 5.92 Å². The Hall–Kier alpha value is -4.13. The first kappa shape index (κ1) is 31.1. The van der Waals surface area contributed by atoms with Crippen molar-refractivity contribution in [1.29, 1.82) is 0 Å². The van der Waals surface area contributed by atoms with Crippen molar-refractivity contribution in [2.75, 3.05) is 16.7 Å². The molecule has 0 spiro atoms. The first-order chi connectivity index (χ1) is 18.1. The van der Waals surface area contributed by atoms with Gasteiger partial charge in [-0.3, -0.25) is 4.72 Å². The zero-order valence-electron chi connectivity index (χ0n) is 21.3. The number of sulfonamides is 1. The van der Waals surface area contributed by atoms with E-state index in [0.717, 1.165) is 17.5 Å². The monoisotopic (exact) mass is 567 g/mol. The highest BCUT2D eigenvalue weighted by Crippen LogP contribution is 2.24. The number of nitrogens with zero attached hydrogens (tertiary/aromatic N) is 2. The maximum atomic E-state index is 12.8. The van der Waals surface area contributed by atoms with E-state index in [0.29, 0.717) is 12.5 Å². The van der Waals surface area contributed by atoms with Gasteiger partial charge in [0.1, 0.15) is 11.4 Å². The van der Waals surface area contributed by atoms with E-state index in [2.05, 4.69) is 23.6 Å². The highest BCUT2D eigenvalue weighted by Gasteiger charge is 2.38. The molecule has 0 unspecified atom stereocenters. The van der Waals surface area contributed by atoms with Crippen molar-refractivity contribution in [2.45, 2.75) is 37.9 Å². The lowest BCUT2D eigenvalue weighted by Gasteiger charge is -2.21. The molecule has 0 amide bonds. The van der Waals surface area contributed by atoms with E-state index in [1.165, 1.54) is 12.3 Å². The highest BCUT2D eigenvalue weighted by molar-refractivity contribution is 7.92. The van der Waals surface area contributed by atoms with Crippen molar-refractivity contribution in [3.8, 4) is 0 Å². The zero-order chi connectivity index (χ0) is 29.4. The lowest BCUT2D eigenvalue weighted by molar-refractivity contribution is -0.192. The second kappa shape index (κ2) is 13.1. The van der Waals surface area contributed by atoms with Crippen LogP contribution in [0.3, 0.4) is 0 Å². The number of hydrogen-bond donors (Lipinski definition) is 3. The summed E-state index contributed by atoms with van der Waals surface area (Å²) >= 11 is 0. The number of pyridine rings is 1. The van der Waals surface area contributed by atoms with Gasteiger partial charge in [0.05, 0.1) is 16.8 Å². The summed E-state index contributed by atoms with van der Waals surface area (Å²) in [5.74, 6) is -3.23. The molecule has 39 heavy (non-hydrogen) atoms. The molecule has 0 aliphatic carbocycles. The standard InChI is InChI=1S/C24H27N3O4S.C2HF3O2/c1-17(2)13-18-9-11-21(12-10-18)32(30,31)26-20-14-22(24(28)29)23(25-15-20)27(3)16-19-7-5-4-6-8-19;3-2(4,5)1(6)7/h4-12,14-15,17,26H,13,16H2,1-3H3,(H,28,29);(H,6,7). The second-order valence-corrected chi connectivity index (χ2v) is 10.6. The molecular weight excluding hydrogens is 539 g/mol. The number of carboxylic acid groups (broad SMARTS) is 2. The third-order valence-electron chi connectivity index (χ3n) is 5.09. The molecule has 3 rings (SSSR count). The molecule has 0 saturated heterocycles. The molecule has 13 heteroatoms. The first-order valence-electron chi connectivity index (χ1n) is 11.5. The van der Waals surface area contributed by atoms with Gasteiger partial charge in [-0.15, -0.1) is 0 Å². The Kier molecular flexibility index (Phi) is 10.4. The number of aromatic carboxylic acids is 1. The minimum atomic E-state index is -5.08. The first-order valence-corrected chi connectivity index (χ1v) is 13.0. The Morgan fingerprint density at radius 3 is 2.05 bits per heavy atom. The minimum absolute atomic E-state index is 0.0871. The van der Waals surface area contributed by atoms with Crippen LogP contribution in [0.15, 0.2) is 71.8 Å².